The molecule has 2 aliphatic rings. The van der Waals surface area contributed by atoms with Crippen molar-refractivity contribution in [1.82, 2.24) is 10.2 Å². The second-order valence-electron chi connectivity index (χ2n) is 4.21. The monoisotopic (exact) mass is 168 g/mol. The number of hydrogen-bond acceptors (Lipinski definition) is 2. The molecule has 0 aromatic rings. The summed E-state index contributed by atoms with van der Waals surface area (Å²) in [5.41, 5.74) is 0.282. The van der Waals surface area contributed by atoms with Crippen LogP contribution in [0.4, 0.5) is 0 Å². The van der Waals surface area contributed by atoms with E-state index in [0.29, 0.717) is 5.91 Å². The van der Waals surface area contributed by atoms with Gasteiger partial charge in [0.2, 0.25) is 5.91 Å². The normalized spacial score (nSPS) is 36.4. The lowest BCUT2D eigenvalue weighted by Crippen LogP contribution is -2.41. The summed E-state index contributed by atoms with van der Waals surface area (Å²) in [6.07, 6.45) is 3.20. The fourth-order valence-corrected chi connectivity index (χ4v) is 2.42. The van der Waals surface area contributed by atoms with E-state index in [1.807, 2.05) is 11.9 Å². The predicted molar refractivity (Wildman–Crippen MR) is 46.8 cm³/mol. The summed E-state index contributed by atoms with van der Waals surface area (Å²) in [6, 6.07) is 0. The van der Waals surface area contributed by atoms with Crippen molar-refractivity contribution in [3.8, 4) is 0 Å². The van der Waals surface area contributed by atoms with Gasteiger partial charge in [-0.25, -0.2) is 0 Å². The number of rotatable bonds is 0. The van der Waals surface area contributed by atoms with Crippen LogP contribution in [0.5, 0.6) is 0 Å². The minimum Gasteiger partial charge on any atom is -0.345 e. The van der Waals surface area contributed by atoms with Crippen LogP contribution in [0.25, 0.3) is 0 Å². The van der Waals surface area contributed by atoms with E-state index < -0.39 is 0 Å². The molecule has 2 fully saturated rings. The average Bonchev–Trinajstić information content (AvgIpc) is 2.29. The predicted octanol–water partition coefficient (Wildman–Crippen LogP) is 0.218. The van der Waals surface area contributed by atoms with Gasteiger partial charge in [0.1, 0.15) is 0 Å². The number of carbonyl (C=O) groups excluding carboxylic acids is 1. The molecule has 2 saturated heterocycles. The number of carbonyl (C=O) groups is 1. The Morgan fingerprint density at radius 2 is 2.42 bits per heavy atom. The molecule has 0 aromatic heterocycles. The van der Waals surface area contributed by atoms with Crippen LogP contribution in [-0.4, -0.2) is 37.5 Å². The summed E-state index contributed by atoms with van der Waals surface area (Å²) in [5, 5.41) is 3.38. The van der Waals surface area contributed by atoms with Gasteiger partial charge in [-0.05, 0) is 19.4 Å². The van der Waals surface area contributed by atoms with E-state index >= 15 is 0 Å². The number of piperidine rings is 1. The highest BCUT2D eigenvalue weighted by molar-refractivity contribution is 5.79. The summed E-state index contributed by atoms with van der Waals surface area (Å²) in [5.74, 6) is 0.318. The van der Waals surface area contributed by atoms with Crippen molar-refractivity contribution in [2.24, 2.45) is 5.41 Å². The minimum absolute atomic E-state index is 0.282. The quantitative estimate of drug-likeness (QED) is 0.561. The third kappa shape index (κ3) is 1.22. The molecule has 0 aliphatic carbocycles. The highest BCUT2D eigenvalue weighted by Gasteiger charge is 2.41. The van der Waals surface area contributed by atoms with Crippen molar-refractivity contribution in [1.29, 1.82) is 0 Å². The first-order valence-electron chi connectivity index (χ1n) is 4.67. The number of likely N-dealkylation sites (tertiary alicyclic amines) is 1. The second-order valence-corrected chi connectivity index (χ2v) is 4.21. The molecule has 0 radical (unpaired) electrons. The van der Waals surface area contributed by atoms with Crippen molar-refractivity contribution < 1.29 is 4.79 Å². The lowest BCUT2D eigenvalue weighted by Gasteiger charge is -2.32. The van der Waals surface area contributed by atoms with Gasteiger partial charge < -0.3 is 10.2 Å². The highest BCUT2D eigenvalue weighted by atomic mass is 16.2. The van der Waals surface area contributed by atoms with Crippen molar-refractivity contribution in [2.45, 2.75) is 19.3 Å². The van der Waals surface area contributed by atoms with Gasteiger partial charge >= 0.3 is 0 Å². The molecule has 2 rings (SSSR count). The first-order chi connectivity index (χ1) is 5.72. The smallest absolute Gasteiger partial charge is 0.223 e. The van der Waals surface area contributed by atoms with Gasteiger partial charge in [-0.15, -0.1) is 0 Å². The zero-order valence-corrected chi connectivity index (χ0v) is 7.60. The van der Waals surface area contributed by atoms with Gasteiger partial charge in [-0.2, -0.15) is 0 Å². The van der Waals surface area contributed by atoms with Gasteiger partial charge in [-0.3, -0.25) is 4.79 Å². The number of hydrogen-bond donors (Lipinski definition) is 1. The maximum Gasteiger partial charge on any atom is 0.223 e. The molecule has 68 valence electrons. The average molecular weight is 168 g/mol. The Hall–Kier alpha value is -0.570. The van der Waals surface area contributed by atoms with Crippen LogP contribution in [0, 0.1) is 5.41 Å². The van der Waals surface area contributed by atoms with Crippen LogP contribution in [0.1, 0.15) is 19.3 Å². The fraction of sp³-hybridized carbons (Fsp3) is 0.889. The van der Waals surface area contributed by atoms with Gasteiger partial charge in [-0.1, -0.05) is 0 Å². The summed E-state index contributed by atoms with van der Waals surface area (Å²) in [4.78, 5) is 13.2. The Kier molecular flexibility index (Phi) is 1.83. The van der Waals surface area contributed by atoms with Crippen LogP contribution in [0.2, 0.25) is 0 Å². The van der Waals surface area contributed by atoms with E-state index in [1.165, 1.54) is 12.8 Å². The molecule has 1 atom stereocenters. The molecule has 2 aliphatic heterocycles. The van der Waals surface area contributed by atoms with Crippen LogP contribution < -0.4 is 5.32 Å². The largest absolute Gasteiger partial charge is 0.345 e. The Bertz CT molecular complexity index is 197. The Labute approximate surface area is 73.1 Å². The minimum atomic E-state index is 0.282. The highest BCUT2D eigenvalue weighted by Crippen LogP contribution is 2.36. The summed E-state index contributed by atoms with van der Waals surface area (Å²) >= 11 is 0. The molecule has 0 saturated carbocycles. The fourth-order valence-electron chi connectivity index (χ4n) is 2.42. The molecular formula is C9H16N2O. The van der Waals surface area contributed by atoms with E-state index in [4.69, 9.17) is 0 Å². The molecular weight excluding hydrogens is 152 g/mol. The molecule has 3 heteroatoms. The topological polar surface area (TPSA) is 32.3 Å². The van der Waals surface area contributed by atoms with Crippen molar-refractivity contribution in [3.05, 3.63) is 0 Å². The van der Waals surface area contributed by atoms with Crippen LogP contribution in [0.3, 0.4) is 0 Å². The first kappa shape index (κ1) is 8.05. The third-order valence-corrected chi connectivity index (χ3v) is 3.09. The first-order valence-corrected chi connectivity index (χ1v) is 4.67. The van der Waals surface area contributed by atoms with Crippen molar-refractivity contribution in [2.75, 3.05) is 26.7 Å². The molecule has 0 bridgehead atoms. The SMILES string of the molecule is CN1CC2(CCCNC2)CC1=O. The molecule has 1 N–H and O–H groups in total. The molecule has 0 aromatic carbocycles. The van der Waals surface area contributed by atoms with E-state index in [0.717, 1.165) is 26.1 Å². The Balaban J connectivity index is 2.07. The maximum absolute atomic E-state index is 11.3. The van der Waals surface area contributed by atoms with E-state index in [-0.39, 0.29) is 5.41 Å². The zero-order valence-electron chi connectivity index (χ0n) is 7.60. The van der Waals surface area contributed by atoms with Crippen LogP contribution in [-0.2, 0) is 4.79 Å². The van der Waals surface area contributed by atoms with E-state index in [2.05, 4.69) is 5.32 Å². The Morgan fingerprint density at radius 1 is 1.58 bits per heavy atom. The standard InChI is InChI=1S/C9H16N2O/c1-11-7-9(5-8(11)12)3-2-4-10-6-9/h10H,2-7H2,1H3. The molecule has 1 amide bonds. The maximum atomic E-state index is 11.3. The number of nitrogens with one attached hydrogen (secondary N) is 1. The number of amides is 1. The van der Waals surface area contributed by atoms with Crippen LogP contribution in [0.15, 0.2) is 0 Å². The summed E-state index contributed by atoms with van der Waals surface area (Å²) in [6.45, 7) is 3.11. The molecule has 3 nitrogen and oxygen atoms in total. The van der Waals surface area contributed by atoms with E-state index in [1.54, 1.807) is 0 Å². The van der Waals surface area contributed by atoms with Gasteiger partial charge in [0.05, 0.1) is 0 Å². The zero-order chi connectivity index (χ0) is 8.60. The summed E-state index contributed by atoms with van der Waals surface area (Å²) < 4.78 is 0. The van der Waals surface area contributed by atoms with Gasteiger partial charge in [0, 0.05) is 32.0 Å². The Morgan fingerprint density at radius 3 is 2.92 bits per heavy atom. The van der Waals surface area contributed by atoms with Crippen LogP contribution >= 0.6 is 0 Å². The lowest BCUT2D eigenvalue weighted by atomic mass is 9.80. The second kappa shape index (κ2) is 2.73. The molecule has 2 heterocycles. The van der Waals surface area contributed by atoms with Crippen molar-refractivity contribution >= 4 is 5.91 Å². The van der Waals surface area contributed by atoms with E-state index in [9.17, 15) is 4.79 Å². The van der Waals surface area contributed by atoms with Gasteiger partial charge in [0.25, 0.3) is 0 Å². The molecule has 12 heavy (non-hydrogen) atoms. The third-order valence-electron chi connectivity index (χ3n) is 3.09. The molecule has 1 spiro atoms. The molecule has 1 unspecified atom stereocenters. The lowest BCUT2D eigenvalue weighted by molar-refractivity contribution is -0.126. The van der Waals surface area contributed by atoms with Gasteiger partial charge in [0.15, 0.2) is 0 Å². The van der Waals surface area contributed by atoms with Crippen molar-refractivity contribution in [3.63, 3.8) is 0 Å². The summed E-state index contributed by atoms with van der Waals surface area (Å²) in [7, 11) is 1.91. The number of nitrogens with zero attached hydrogens (tertiary/aromatic N) is 1.